The SMILES string of the molecule is O=C(O)Oc1c(Cl)c(Cl)cc2ccccc12. The van der Waals surface area contributed by atoms with Gasteiger partial charge in [0.15, 0.2) is 5.75 Å². The third kappa shape index (κ3) is 1.92. The van der Waals surface area contributed by atoms with Crippen molar-refractivity contribution in [2.45, 2.75) is 0 Å². The van der Waals surface area contributed by atoms with Gasteiger partial charge in [-0.2, -0.15) is 0 Å². The van der Waals surface area contributed by atoms with E-state index in [0.29, 0.717) is 5.39 Å². The molecule has 0 spiro atoms. The van der Waals surface area contributed by atoms with E-state index in [-0.39, 0.29) is 15.8 Å². The quantitative estimate of drug-likeness (QED) is 0.615. The number of hydrogen-bond acceptors (Lipinski definition) is 2. The average Bonchev–Trinajstić information content (AvgIpc) is 2.24. The first-order valence-electron chi connectivity index (χ1n) is 4.37. The Morgan fingerprint density at radius 3 is 2.62 bits per heavy atom. The zero-order chi connectivity index (χ0) is 11.7. The molecule has 0 aliphatic heterocycles. The Kier molecular flexibility index (Phi) is 2.90. The summed E-state index contributed by atoms with van der Waals surface area (Å²) in [5.74, 6) is 0.0669. The topological polar surface area (TPSA) is 46.5 Å². The Morgan fingerprint density at radius 1 is 1.25 bits per heavy atom. The maximum atomic E-state index is 10.6. The summed E-state index contributed by atoms with van der Waals surface area (Å²) in [4.78, 5) is 10.6. The maximum absolute atomic E-state index is 10.6. The molecule has 0 atom stereocenters. The van der Waals surface area contributed by atoms with Gasteiger partial charge in [0.05, 0.1) is 5.02 Å². The minimum Gasteiger partial charge on any atom is -0.449 e. The Hall–Kier alpha value is -1.45. The zero-order valence-corrected chi connectivity index (χ0v) is 9.42. The molecule has 0 aliphatic rings. The monoisotopic (exact) mass is 256 g/mol. The van der Waals surface area contributed by atoms with Crippen molar-refractivity contribution in [3.05, 3.63) is 40.4 Å². The summed E-state index contributed by atoms with van der Waals surface area (Å²) in [6, 6.07) is 8.76. The molecule has 16 heavy (non-hydrogen) atoms. The van der Waals surface area contributed by atoms with Crippen molar-refractivity contribution in [3.8, 4) is 5.75 Å². The van der Waals surface area contributed by atoms with Gasteiger partial charge in [0.25, 0.3) is 0 Å². The van der Waals surface area contributed by atoms with Crippen LogP contribution in [0.25, 0.3) is 10.8 Å². The van der Waals surface area contributed by atoms with E-state index in [1.54, 1.807) is 24.3 Å². The van der Waals surface area contributed by atoms with E-state index in [1.165, 1.54) is 0 Å². The van der Waals surface area contributed by atoms with Crippen molar-refractivity contribution >= 4 is 40.1 Å². The van der Waals surface area contributed by atoms with Gasteiger partial charge in [-0.25, -0.2) is 4.79 Å². The van der Waals surface area contributed by atoms with E-state index in [9.17, 15) is 4.79 Å². The predicted molar refractivity (Wildman–Crippen MR) is 62.6 cm³/mol. The van der Waals surface area contributed by atoms with Crippen molar-refractivity contribution in [2.75, 3.05) is 0 Å². The van der Waals surface area contributed by atoms with Crippen LogP contribution in [-0.4, -0.2) is 11.3 Å². The van der Waals surface area contributed by atoms with Crippen LogP contribution in [0.4, 0.5) is 4.79 Å². The van der Waals surface area contributed by atoms with Crippen LogP contribution in [0.5, 0.6) is 5.75 Å². The summed E-state index contributed by atoms with van der Waals surface area (Å²) in [6.45, 7) is 0. The molecule has 82 valence electrons. The van der Waals surface area contributed by atoms with Gasteiger partial charge in [-0.1, -0.05) is 47.5 Å². The van der Waals surface area contributed by atoms with Crippen LogP contribution in [0.2, 0.25) is 10.0 Å². The largest absolute Gasteiger partial charge is 0.511 e. The highest BCUT2D eigenvalue weighted by Gasteiger charge is 2.14. The first-order chi connectivity index (χ1) is 7.59. The average molecular weight is 257 g/mol. The first-order valence-corrected chi connectivity index (χ1v) is 5.12. The number of halogens is 2. The van der Waals surface area contributed by atoms with Gasteiger partial charge >= 0.3 is 6.16 Å². The fourth-order valence-corrected chi connectivity index (χ4v) is 1.84. The second kappa shape index (κ2) is 4.20. The lowest BCUT2D eigenvalue weighted by atomic mass is 10.1. The second-order valence-electron chi connectivity index (χ2n) is 3.09. The molecule has 0 heterocycles. The van der Waals surface area contributed by atoms with Crippen LogP contribution in [-0.2, 0) is 0 Å². The summed E-state index contributed by atoms with van der Waals surface area (Å²) < 4.78 is 4.64. The van der Waals surface area contributed by atoms with Crippen molar-refractivity contribution in [2.24, 2.45) is 0 Å². The van der Waals surface area contributed by atoms with E-state index in [1.807, 2.05) is 6.07 Å². The van der Waals surface area contributed by atoms with Crippen molar-refractivity contribution < 1.29 is 14.6 Å². The van der Waals surface area contributed by atoms with E-state index in [2.05, 4.69) is 4.74 Å². The minimum atomic E-state index is -1.42. The summed E-state index contributed by atoms with van der Waals surface area (Å²) in [5, 5.41) is 10.4. The third-order valence-electron chi connectivity index (χ3n) is 2.09. The standard InChI is InChI=1S/C11H6Cl2O3/c12-8-5-6-3-1-2-4-7(6)10(9(8)13)16-11(14)15/h1-5H,(H,14,15). The van der Waals surface area contributed by atoms with Gasteiger partial charge in [-0.05, 0) is 11.5 Å². The summed E-state index contributed by atoms with van der Waals surface area (Å²) in [6.07, 6.45) is -1.42. The molecule has 0 radical (unpaired) electrons. The van der Waals surface area contributed by atoms with Crippen molar-refractivity contribution in [3.63, 3.8) is 0 Å². The van der Waals surface area contributed by atoms with Gasteiger partial charge in [0, 0.05) is 5.39 Å². The van der Waals surface area contributed by atoms with Gasteiger partial charge in [0.2, 0.25) is 0 Å². The van der Waals surface area contributed by atoms with E-state index < -0.39 is 6.16 Å². The molecule has 0 aliphatic carbocycles. The molecule has 3 nitrogen and oxygen atoms in total. The molecule has 2 rings (SSSR count). The zero-order valence-electron chi connectivity index (χ0n) is 7.91. The third-order valence-corrected chi connectivity index (χ3v) is 2.86. The molecule has 0 amide bonds. The molecule has 2 aromatic carbocycles. The number of carboxylic acid groups (broad SMARTS) is 1. The number of hydrogen-bond donors (Lipinski definition) is 1. The highest BCUT2D eigenvalue weighted by Crippen LogP contribution is 2.39. The Bertz CT molecular complexity index is 566. The van der Waals surface area contributed by atoms with Crippen LogP contribution in [0.1, 0.15) is 0 Å². The lowest BCUT2D eigenvalue weighted by Gasteiger charge is -2.08. The maximum Gasteiger partial charge on any atom is 0.511 e. The normalized spacial score (nSPS) is 10.4. The van der Waals surface area contributed by atoms with Crippen LogP contribution < -0.4 is 4.74 Å². The fourth-order valence-electron chi connectivity index (χ4n) is 1.44. The molecular formula is C11H6Cl2O3. The lowest BCUT2D eigenvalue weighted by molar-refractivity contribution is 0.145. The Labute approximate surface area is 101 Å². The predicted octanol–water partition coefficient (Wildman–Crippen LogP) is 4.20. The van der Waals surface area contributed by atoms with Crippen molar-refractivity contribution in [1.29, 1.82) is 0 Å². The van der Waals surface area contributed by atoms with Crippen LogP contribution in [0, 0.1) is 0 Å². The molecule has 0 unspecified atom stereocenters. The molecule has 0 bridgehead atoms. The molecule has 0 saturated carbocycles. The number of carbonyl (C=O) groups is 1. The van der Waals surface area contributed by atoms with E-state index >= 15 is 0 Å². The highest BCUT2D eigenvalue weighted by atomic mass is 35.5. The molecular weight excluding hydrogens is 251 g/mol. The highest BCUT2D eigenvalue weighted by molar-refractivity contribution is 6.44. The molecule has 0 aromatic heterocycles. The van der Waals surface area contributed by atoms with Gasteiger partial charge in [-0.15, -0.1) is 0 Å². The summed E-state index contributed by atoms with van der Waals surface area (Å²) in [7, 11) is 0. The van der Waals surface area contributed by atoms with Gasteiger partial charge < -0.3 is 9.84 Å². The molecule has 0 saturated heterocycles. The van der Waals surface area contributed by atoms with Gasteiger partial charge in [-0.3, -0.25) is 0 Å². The van der Waals surface area contributed by atoms with E-state index in [0.717, 1.165) is 5.39 Å². The van der Waals surface area contributed by atoms with E-state index in [4.69, 9.17) is 28.3 Å². The Balaban J connectivity index is 2.76. The smallest absolute Gasteiger partial charge is 0.449 e. The fraction of sp³-hybridized carbons (Fsp3) is 0. The van der Waals surface area contributed by atoms with Gasteiger partial charge in [0.1, 0.15) is 5.02 Å². The second-order valence-corrected chi connectivity index (χ2v) is 3.88. The summed E-state index contributed by atoms with van der Waals surface area (Å²) in [5.41, 5.74) is 0. The number of rotatable bonds is 1. The molecule has 0 fully saturated rings. The summed E-state index contributed by atoms with van der Waals surface area (Å²) >= 11 is 11.8. The minimum absolute atomic E-state index is 0.0669. The number of benzene rings is 2. The first kappa shape index (κ1) is 11.0. The van der Waals surface area contributed by atoms with Crippen LogP contribution in [0.3, 0.4) is 0 Å². The molecule has 2 aromatic rings. The van der Waals surface area contributed by atoms with Crippen LogP contribution >= 0.6 is 23.2 Å². The lowest BCUT2D eigenvalue weighted by Crippen LogP contribution is -2.04. The number of ether oxygens (including phenoxy) is 1. The van der Waals surface area contributed by atoms with Crippen molar-refractivity contribution in [1.82, 2.24) is 0 Å². The molecule has 5 heteroatoms. The number of fused-ring (bicyclic) bond motifs is 1. The van der Waals surface area contributed by atoms with Crippen LogP contribution in [0.15, 0.2) is 30.3 Å². The molecule has 1 N–H and O–H groups in total. The Morgan fingerprint density at radius 2 is 1.94 bits per heavy atom.